The summed E-state index contributed by atoms with van der Waals surface area (Å²) in [5.74, 6) is 0. The first-order valence-electron chi connectivity index (χ1n) is 9.56. The lowest BCUT2D eigenvalue weighted by Crippen LogP contribution is -2.21. The summed E-state index contributed by atoms with van der Waals surface area (Å²) in [5, 5.41) is 5.24. The van der Waals surface area contributed by atoms with Gasteiger partial charge >= 0.3 is 0 Å². The number of nitrogens with zero attached hydrogens (tertiary/aromatic N) is 1. The van der Waals surface area contributed by atoms with E-state index in [0.717, 1.165) is 0 Å². The number of aromatic nitrogens is 1. The molecule has 1 heterocycles. The van der Waals surface area contributed by atoms with Crippen LogP contribution in [0.2, 0.25) is 0 Å². The number of benzene rings is 4. The molecular weight excluding hydrogens is 326 g/mol. The van der Waals surface area contributed by atoms with Gasteiger partial charge in [-0.15, -0.1) is 0 Å². The van der Waals surface area contributed by atoms with E-state index in [4.69, 9.17) is 0 Å². The van der Waals surface area contributed by atoms with Crippen LogP contribution in [0.3, 0.4) is 0 Å². The lowest BCUT2D eigenvalue weighted by molar-refractivity contribution is 0.423. The molecular formula is C26H23N. The SMILES string of the molecule is CC(C)(C)n1c2ccccc2c2c(-c3ccc4ccccc4c3)cccc21. The third kappa shape index (κ3) is 2.46. The molecule has 0 saturated heterocycles. The third-order valence-corrected chi connectivity index (χ3v) is 5.43. The van der Waals surface area contributed by atoms with Gasteiger partial charge in [-0.25, -0.2) is 0 Å². The van der Waals surface area contributed by atoms with Crippen LogP contribution in [0.4, 0.5) is 0 Å². The number of hydrogen-bond acceptors (Lipinski definition) is 0. The van der Waals surface area contributed by atoms with Crippen molar-refractivity contribution in [2.45, 2.75) is 26.3 Å². The minimum absolute atomic E-state index is 0.0172. The van der Waals surface area contributed by atoms with Gasteiger partial charge in [0.15, 0.2) is 0 Å². The van der Waals surface area contributed by atoms with Gasteiger partial charge in [-0.1, -0.05) is 66.7 Å². The zero-order valence-corrected chi connectivity index (χ0v) is 16.0. The zero-order chi connectivity index (χ0) is 18.6. The highest BCUT2D eigenvalue weighted by atomic mass is 15.0. The second-order valence-electron chi connectivity index (χ2n) is 8.29. The Morgan fingerprint density at radius 3 is 2.15 bits per heavy atom. The fourth-order valence-electron chi connectivity index (χ4n) is 4.34. The molecule has 0 amide bonds. The number of hydrogen-bond donors (Lipinski definition) is 0. The van der Waals surface area contributed by atoms with E-state index in [9.17, 15) is 0 Å². The molecule has 4 aromatic carbocycles. The minimum atomic E-state index is 0.0172. The highest BCUT2D eigenvalue weighted by Gasteiger charge is 2.21. The number of fused-ring (bicyclic) bond motifs is 4. The molecule has 27 heavy (non-hydrogen) atoms. The minimum Gasteiger partial charge on any atom is -0.335 e. The van der Waals surface area contributed by atoms with E-state index in [2.05, 4.69) is 110 Å². The summed E-state index contributed by atoms with van der Waals surface area (Å²) in [5.41, 5.74) is 5.19. The fourth-order valence-corrected chi connectivity index (χ4v) is 4.34. The summed E-state index contributed by atoms with van der Waals surface area (Å²) < 4.78 is 2.47. The van der Waals surface area contributed by atoms with Crippen LogP contribution in [0.15, 0.2) is 84.9 Å². The summed E-state index contributed by atoms with van der Waals surface area (Å²) >= 11 is 0. The average Bonchev–Trinajstić information content (AvgIpc) is 3.02. The van der Waals surface area contributed by atoms with Gasteiger partial charge in [-0.05, 0) is 60.9 Å². The van der Waals surface area contributed by atoms with E-state index >= 15 is 0 Å². The summed E-state index contributed by atoms with van der Waals surface area (Å²) in [4.78, 5) is 0. The molecule has 0 atom stereocenters. The van der Waals surface area contributed by atoms with E-state index in [1.807, 2.05) is 0 Å². The van der Waals surface area contributed by atoms with Crippen molar-refractivity contribution in [3.8, 4) is 11.1 Å². The third-order valence-electron chi connectivity index (χ3n) is 5.43. The predicted molar refractivity (Wildman–Crippen MR) is 117 cm³/mol. The van der Waals surface area contributed by atoms with E-state index < -0.39 is 0 Å². The Labute approximate surface area is 159 Å². The molecule has 0 saturated carbocycles. The van der Waals surface area contributed by atoms with Gasteiger partial charge < -0.3 is 4.57 Å². The molecule has 0 N–H and O–H groups in total. The zero-order valence-electron chi connectivity index (χ0n) is 16.0. The van der Waals surface area contributed by atoms with Crippen molar-refractivity contribution < 1.29 is 0 Å². The molecule has 0 fully saturated rings. The van der Waals surface area contributed by atoms with Crippen LogP contribution in [0.5, 0.6) is 0 Å². The van der Waals surface area contributed by atoms with E-state index in [-0.39, 0.29) is 5.54 Å². The van der Waals surface area contributed by atoms with Crippen molar-refractivity contribution in [2.24, 2.45) is 0 Å². The Morgan fingerprint density at radius 2 is 1.33 bits per heavy atom. The van der Waals surface area contributed by atoms with Crippen molar-refractivity contribution in [3.05, 3.63) is 84.9 Å². The average molecular weight is 349 g/mol. The second-order valence-corrected chi connectivity index (χ2v) is 8.29. The highest BCUT2D eigenvalue weighted by molar-refractivity contribution is 6.15. The van der Waals surface area contributed by atoms with Gasteiger partial charge in [0.25, 0.3) is 0 Å². The van der Waals surface area contributed by atoms with Gasteiger partial charge in [-0.3, -0.25) is 0 Å². The second kappa shape index (κ2) is 5.72. The number of rotatable bonds is 1. The summed E-state index contributed by atoms with van der Waals surface area (Å²) in [7, 11) is 0. The van der Waals surface area contributed by atoms with Crippen LogP contribution in [0.1, 0.15) is 20.8 Å². The predicted octanol–water partition coefficient (Wildman–Crippen LogP) is 7.37. The van der Waals surface area contributed by atoms with Crippen LogP contribution >= 0.6 is 0 Å². The molecule has 5 aromatic rings. The molecule has 0 radical (unpaired) electrons. The van der Waals surface area contributed by atoms with Crippen molar-refractivity contribution >= 4 is 32.6 Å². The fraction of sp³-hybridized carbons (Fsp3) is 0.154. The van der Waals surface area contributed by atoms with E-state index in [1.54, 1.807) is 0 Å². The van der Waals surface area contributed by atoms with Gasteiger partial charge in [0.1, 0.15) is 0 Å². The van der Waals surface area contributed by atoms with Gasteiger partial charge in [-0.2, -0.15) is 0 Å². The first kappa shape index (κ1) is 16.1. The van der Waals surface area contributed by atoms with Crippen LogP contribution in [0, 0.1) is 0 Å². The molecule has 0 unspecified atom stereocenters. The van der Waals surface area contributed by atoms with Crippen LogP contribution in [0.25, 0.3) is 43.7 Å². The highest BCUT2D eigenvalue weighted by Crippen LogP contribution is 2.39. The summed E-state index contributed by atoms with van der Waals surface area (Å²) in [6.45, 7) is 6.84. The first-order valence-corrected chi connectivity index (χ1v) is 9.56. The molecule has 0 aliphatic carbocycles. The maximum atomic E-state index is 2.47. The Morgan fingerprint density at radius 1 is 0.630 bits per heavy atom. The molecule has 5 rings (SSSR count). The molecule has 1 nitrogen and oxygen atoms in total. The lowest BCUT2D eigenvalue weighted by Gasteiger charge is -2.24. The lowest BCUT2D eigenvalue weighted by atomic mass is 9.97. The maximum Gasteiger partial charge on any atom is 0.0502 e. The normalized spacial score (nSPS) is 12.3. The quantitative estimate of drug-likeness (QED) is 0.298. The smallest absolute Gasteiger partial charge is 0.0502 e. The Kier molecular flexibility index (Phi) is 3.42. The Bertz CT molecular complexity index is 1300. The molecule has 0 aliphatic rings. The standard InChI is InChI=1S/C26H23N/c1-26(2,3)27-23-13-7-6-11-22(23)25-21(12-8-14-24(25)27)20-16-15-18-9-4-5-10-19(18)17-20/h4-17H,1-3H3. The molecule has 1 heteroatoms. The van der Waals surface area contributed by atoms with E-state index in [0.29, 0.717) is 0 Å². The monoisotopic (exact) mass is 349 g/mol. The Balaban J connectivity index is 1.91. The topological polar surface area (TPSA) is 4.93 Å². The molecule has 132 valence electrons. The molecule has 0 spiro atoms. The summed E-state index contributed by atoms with van der Waals surface area (Å²) in [6, 6.07) is 30.8. The van der Waals surface area contributed by atoms with Crippen LogP contribution < -0.4 is 0 Å². The van der Waals surface area contributed by atoms with Crippen molar-refractivity contribution in [1.82, 2.24) is 4.57 Å². The van der Waals surface area contributed by atoms with Crippen LogP contribution in [-0.4, -0.2) is 4.57 Å². The van der Waals surface area contributed by atoms with Crippen LogP contribution in [-0.2, 0) is 5.54 Å². The molecule has 0 bridgehead atoms. The van der Waals surface area contributed by atoms with Gasteiger partial charge in [0, 0.05) is 21.8 Å². The largest absolute Gasteiger partial charge is 0.335 e. The van der Waals surface area contributed by atoms with Crippen molar-refractivity contribution in [2.75, 3.05) is 0 Å². The van der Waals surface area contributed by atoms with Crippen molar-refractivity contribution in [1.29, 1.82) is 0 Å². The molecule has 0 aliphatic heterocycles. The maximum absolute atomic E-state index is 2.47. The van der Waals surface area contributed by atoms with E-state index in [1.165, 1.54) is 43.7 Å². The molecule has 1 aromatic heterocycles. The first-order chi connectivity index (χ1) is 13.0. The van der Waals surface area contributed by atoms with Crippen molar-refractivity contribution in [3.63, 3.8) is 0 Å². The van der Waals surface area contributed by atoms with Gasteiger partial charge in [0.05, 0.1) is 5.52 Å². The van der Waals surface area contributed by atoms with Gasteiger partial charge in [0.2, 0.25) is 0 Å². The summed E-state index contributed by atoms with van der Waals surface area (Å²) in [6.07, 6.45) is 0. The number of para-hydroxylation sites is 1. The Hall–Kier alpha value is -3.06.